The maximum Gasteiger partial charge on any atom is 0.408 e. The predicted octanol–water partition coefficient (Wildman–Crippen LogP) is 2.75. The van der Waals surface area contributed by atoms with Crippen molar-refractivity contribution >= 4 is 17.7 Å². The summed E-state index contributed by atoms with van der Waals surface area (Å²) in [6.07, 6.45) is -1.31. The summed E-state index contributed by atoms with van der Waals surface area (Å²) in [5.41, 5.74) is -1.42. The van der Waals surface area contributed by atoms with Gasteiger partial charge in [0.2, 0.25) is 0 Å². The third-order valence-corrected chi connectivity index (χ3v) is 3.60. The van der Waals surface area contributed by atoms with Crippen molar-refractivity contribution in [2.45, 2.75) is 39.3 Å². The van der Waals surface area contributed by atoms with E-state index in [9.17, 15) is 23.5 Å². The molecule has 0 spiro atoms. The van der Waals surface area contributed by atoms with Crippen molar-refractivity contribution in [1.29, 1.82) is 0 Å². The Hall–Kier alpha value is -2.38. The van der Waals surface area contributed by atoms with Gasteiger partial charge >= 0.3 is 6.09 Å². The second kappa shape index (κ2) is 5.68. The fourth-order valence-corrected chi connectivity index (χ4v) is 2.46. The van der Waals surface area contributed by atoms with Crippen molar-refractivity contribution in [3.8, 4) is 5.75 Å². The summed E-state index contributed by atoms with van der Waals surface area (Å²) in [4.78, 5) is 24.8. The summed E-state index contributed by atoms with van der Waals surface area (Å²) >= 11 is 0. The normalized spacial score (nSPS) is 17.7. The molecule has 1 atom stereocenters. The minimum atomic E-state index is -1.31. The van der Waals surface area contributed by atoms with E-state index in [1.807, 2.05) is 0 Å². The number of rotatable bonds is 1. The molecule has 0 saturated carbocycles. The number of carbonyl (C=O) groups is 2. The molecule has 0 radical (unpaired) electrons. The van der Waals surface area contributed by atoms with Crippen molar-refractivity contribution in [3.63, 3.8) is 0 Å². The third kappa shape index (κ3) is 3.06. The van der Waals surface area contributed by atoms with Crippen molar-refractivity contribution in [2.75, 3.05) is 11.9 Å². The van der Waals surface area contributed by atoms with Gasteiger partial charge in [-0.1, -0.05) is 0 Å². The first-order chi connectivity index (χ1) is 10.5. The molecule has 0 aromatic heterocycles. The highest BCUT2D eigenvalue weighted by Crippen LogP contribution is 2.34. The smallest absolute Gasteiger partial charge is 0.408 e. The van der Waals surface area contributed by atoms with E-state index in [1.165, 1.54) is 6.92 Å². The number of nitrogens with zero attached hydrogens (tertiary/aromatic N) is 1. The van der Waals surface area contributed by atoms with E-state index in [0.29, 0.717) is 0 Å². The van der Waals surface area contributed by atoms with E-state index in [2.05, 4.69) is 5.32 Å². The number of carbonyl (C=O) groups excluding carboxylic acids is 1. The second-order valence-corrected chi connectivity index (χ2v) is 6.31. The minimum Gasteiger partial charge on any atom is -0.488 e. The van der Waals surface area contributed by atoms with Gasteiger partial charge in [-0.25, -0.2) is 13.6 Å². The van der Waals surface area contributed by atoms with E-state index < -0.39 is 35.2 Å². The Morgan fingerprint density at radius 3 is 2.57 bits per heavy atom. The van der Waals surface area contributed by atoms with Crippen LogP contribution in [-0.4, -0.2) is 40.2 Å². The van der Waals surface area contributed by atoms with Crippen molar-refractivity contribution in [3.05, 3.63) is 23.3 Å². The first kappa shape index (κ1) is 17.0. The molecule has 0 bridgehead atoms. The molecule has 2 rings (SSSR count). The monoisotopic (exact) mass is 328 g/mol. The zero-order valence-corrected chi connectivity index (χ0v) is 13.2. The van der Waals surface area contributed by atoms with Gasteiger partial charge in [0.15, 0.2) is 5.82 Å². The molecule has 0 unspecified atom stereocenters. The Morgan fingerprint density at radius 2 is 2.04 bits per heavy atom. The van der Waals surface area contributed by atoms with Crippen LogP contribution in [0.5, 0.6) is 5.75 Å². The first-order valence-electron chi connectivity index (χ1n) is 6.98. The minimum absolute atomic E-state index is 0.166. The maximum absolute atomic E-state index is 14.2. The molecule has 1 aliphatic rings. The number of nitrogens with one attached hydrogen (secondary N) is 1. The van der Waals surface area contributed by atoms with E-state index >= 15 is 0 Å². The number of benzene rings is 1. The van der Waals surface area contributed by atoms with Gasteiger partial charge in [0.05, 0.1) is 0 Å². The average molecular weight is 328 g/mol. The number of amides is 2. The molecule has 2 N–H and O–H groups in total. The second-order valence-electron chi connectivity index (χ2n) is 6.31. The van der Waals surface area contributed by atoms with Crippen LogP contribution in [0.15, 0.2) is 6.07 Å². The van der Waals surface area contributed by atoms with E-state index in [0.717, 1.165) is 11.0 Å². The van der Waals surface area contributed by atoms with Gasteiger partial charge in [0.1, 0.15) is 29.9 Å². The van der Waals surface area contributed by atoms with Crippen LogP contribution in [0.4, 0.5) is 19.3 Å². The number of anilines is 1. The van der Waals surface area contributed by atoms with Crippen LogP contribution in [0.2, 0.25) is 0 Å². The lowest BCUT2D eigenvalue weighted by Crippen LogP contribution is -2.57. The molecule has 23 heavy (non-hydrogen) atoms. The molecule has 0 fully saturated rings. The standard InChI is InChI=1S/C15H18F2N2O4/c1-7-8(16)5-10-12(11(7)17)18-13(20)9(6-23-10)19(14(21)22)15(2,3)4/h5,9H,6H2,1-4H3,(H,18,20)(H,21,22)/t9-/m0/s1. The van der Waals surface area contributed by atoms with Gasteiger partial charge in [-0.2, -0.15) is 0 Å². The molecule has 126 valence electrons. The SMILES string of the molecule is Cc1c(F)cc2c(c1F)NC(=O)[C@@H](N(C(=O)O)C(C)(C)C)CO2. The summed E-state index contributed by atoms with van der Waals surface area (Å²) in [5.74, 6) is -2.64. The fourth-order valence-electron chi connectivity index (χ4n) is 2.46. The molecule has 1 aromatic rings. The Balaban J connectivity index is 2.44. The largest absolute Gasteiger partial charge is 0.488 e. The molecule has 8 heteroatoms. The molecule has 1 heterocycles. The van der Waals surface area contributed by atoms with Crippen LogP contribution < -0.4 is 10.1 Å². The van der Waals surface area contributed by atoms with Crippen molar-refractivity contribution in [1.82, 2.24) is 4.90 Å². The maximum atomic E-state index is 14.2. The molecule has 6 nitrogen and oxygen atoms in total. The van der Waals surface area contributed by atoms with Crippen LogP contribution in [-0.2, 0) is 4.79 Å². The number of hydrogen-bond acceptors (Lipinski definition) is 3. The lowest BCUT2D eigenvalue weighted by molar-refractivity contribution is -0.123. The zero-order chi connectivity index (χ0) is 17.5. The lowest BCUT2D eigenvalue weighted by Gasteiger charge is -2.37. The quantitative estimate of drug-likeness (QED) is 0.831. The van der Waals surface area contributed by atoms with Crippen molar-refractivity contribution in [2.24, 2.45) is 0 Å². The highest BCUT2D eigenvalue weighted by Gasteiger charge is 2.40. The Kier molecular flexibility index (Phi) is 4.19. The van der Waals surface area contributed by atoms with Crippen LogP contribution >= 0.6 is 0 Å². The van der Waals surface area contributed by atoms with Crippen LogP contribution in [0.25, 0.3) is 0 Å². The Labute approximate surface area is 132 Å². The van der Waals surface area contributed by atoms with Gasteiger partial charge < -0.3 is 15.2 Å². The van der Waals surface area contributed by atoms with Gasteiger partial charge in [-0.3, -0.25) is 9.69 Å². The van der Waals surface area contributed by atoms with E-state index in [1.54, 1.807) is 20.8 Å². The van der Waals surface area contributed by atoms with Gasteiger partial charge in [-0.05, 0) is 27.7 Å². The molecular weight excluding hydrogens is 310 g/mol. The molecule has 1 aromatic carbocycles. The predicted molar refractivity (Wildman–Crippen MR) is 78.6 cm³/mol. The van der Waals surface area contributed by atoms with Gasteiger partial charge in [-0.15, -0.1) is 0 Å². The average Bonchev–Trinajstić information content (AvgIpc) is 2.56. The summed E-state index contributed by atoms with van der Waals surface area (Å²) in [7, 11) is 0. The molecule has 2 amide bonds. The van der Waals surface area contributed by atoms with Gasteiger partial charge in [0.25, 0.3) is 5.91 Å². The number of hydrogen-bond donors (Lipinski definition) is 2. The molecular formula is C15H18F2N2O4. The Morgan fingerprint density at radius 1 is 1.43 bits per heavy atom. The summed E-state index contributed by atoms with van der Waals surface area (Å²) in [6, 6.07) is -0.221. The fraction of sp³-hybridized carbons (Fsp3) is 0.467. The van der Waals surface area contributed by atoms with Crippen LogP contribution in [0.1, 0.15) is 26.3 Å². The summed E-state index contributed by atoms with van der Waals surface area (Å²) in [5, 5.41) is 11.7. The Bertz CT molecular complexity index is 670. The topological polar surface area (TPSA) is 78.9 Å². The van der Waals surface area contributed by atoms with Crippen molar-refractivity contribution < 1.29 is 28.2 Å². The molecule has 0 aliphatic carbocycles. The number of fused-ring (bicyclic) bond motifs is 1. The first-order valence-corrected chi connectivity index (χ1v) is 6.98. The molecule has 0 saturated heterocycles. The number of ether oxygens (including phenoxy) is 1. The van der Waals surface area contributed by atoms with E-state index in [-0.39, 0.29) is 23.6 Å². The van der Waals surface area contributed by atoms with E-state index in [4.69, 9.17) is 4.74 Å². The van der Waals surface area contributed by atoms with Gasteiger partial charge in [0, 0.05) is 17.2 Å². The lowest BCUT2D eigenvalue weighted by atomic mass is 10.0. The van der Waals surface area contributed by atoms with Crippen LogP contribution in [0, 0.1) is 18.6 Å². The summed E-state index contributed by atoms with van der Waals surface area (Å²) in [6.45, 7) is 5.76. The number of halogens is 2. The van der Waals surface area contributed by atoms with Crippen LogP contribution in [0.3, 0.4) is 0 Å². The number of carboxylic acid groups (broad SMARTS) is 1. The summed E-state index contributed by atoms with van der Waals surface area (Å²) < 4.78 is 33.1. The third-order valence-electron chi connectivity index (χ3n) is 3.60. The highest BCUT2D eigenvalue weighted by atomic mass is 19.1. The highest BCUT2D eigenvalue weighted by molar-refractivity contribution is 5.98. The molecule has 1 aliphatic heterocycles. The zero-order valence-electron chi connectivity index (χ0n) is 13.2.